The quantitative estimate of drug-likeness (QED) is 0.714. The largest absolute Gasteiger partial charge is 0.493 e. The van der Waals surface area contributed by atoms with Crippen LogP contribution >= 0.6 is 35.3 Å². The van der Waals surface area contributed by atoms with Gasteiger partial charge in [0.15, 0.2) is 11.5 Å². The molecule has 1 aromatic heterocycles. The van der Waals surface area contributed by atoms with Gasteiger partial charge >= 0.3 is 0 Å². The van der Waals surface area contributed by atoms with Gasteiger partial charge in [-0.25, -0.2) is 4.98 Å². The number of methoxy groups -OCH3 is 2. The lowest BCUT2D eigenvalue weighted by molar-refractivity contribution is 0.356. The van der Waals surface area contributed by atoms with Crippen LogP contribution in [-0.4, -0.2) is 41.5 Å². The van der Waals surface area contributed by atoms with Gasteiger partial charge in [0.25, 0.3) is 0 Å². The Hall–Kier alpha value is -1.31. The van der Waals surface area contributed by atoms with Crippen LogP contribution < -0.4 is 9.47 Å². The molecule has 4 nitrogen and oxygen atoms in total. The van der Waals surface area contributed by atoms with Crippen molar-refractivity contribution in [1.82, 2.24) is 9.88 Å². The standard InChI is InChI=1S/C17H20N2O2S3/c1-20-14-7-5-6-13(15(14)21-2)16-18-12(10-23-16)11-24-17(22)19-8-3-4-9-19/h5-7,10H,3-4,8-9,11H2,1-2H3. The number of nitrogens with zero attached hydrogens (tertiary/aromatic N) is 2. The van der Waals surface area contributed by atoms with Gasteiger partial charge in [-0.1, -0.05) is 30.0 Å². The molecule has 2 heterocycles. The zero-order valence-corrected chi connectivity index (χ0v) is 16.2. The lowest BCUT2D eigenvalue weighted by atomic mass is 10.2. The monoisotopic (exact) mass is 380 g/mol. The Morgan fingerprint density at radius 3 is 2.79 bits per heavy atom. The molecule has 24 heavy (non-hydrogen) atoms. The van der Waals surface area contributed by atoms with E-state index >= 15 is 0 Å². The van der Waals surface area contributed by atoms with Gasteiger partial charge in [0.05, 0.1) is 25.5 Å². The molecule has 0 radical (unpaired) electrons. The van der Waals surface area contributed by atoms with Crippen molar-refractivity contribution in [1.29, 1.82) is 0 Å². The second-order valence-corrected chi connectivity index (χ2v) is 7.90. The summed E-state index contributed by atoms with van der Waals surface area (Å²) in [4.78, 5) is 7.04. The normalized spacial score (nSPS) is 14.0. The van der Waals surface area contributed by atoms with Gasteiger partial charge in [0, 0.05) is 24.2 Å². The van der Waals surface area contributed by atoms with Crippen LogP contribution in [0.1, 0.15) is 18.5 Å². The SMILES string of the molecule is COc1cccc(-c2nc(CSC(=S)N3CCCC3)cs2)c1OC. The number of ether oxygens (including phenoxy) is 2. The lowest BCUT2D eigenvalue weighted by Gasteiger charge is -2.16. The van der Waals surface area contributed by atoms with Crippen LogP contribution in [-0.2, 0) is 5.75 Å². The van der Waals surface area contributed by atoms with Crippen LogP contribution in [0.5, 0.6) is 11.5 Å². The molecule has 3 rings (SSSR count). The highest BCUT2D eigenvalue weighted by Crippen LogP contribution is 2.39. The molecule has 0 atom stereocenters. The van der Waals surface area contributed by atoms with Crippen molar-refractivity contribution in [3.05, 3.63) is 29.3 Å². The maximum atomic E-state index is 5.51. The van der Waals surface area contributed by atoms with E-state index in [4.69, 9.17) is 26.7 Å². The molecule has 1 fully saturated rings. The van der Waals surface area contributed by atoms with Gasteiger partial charge < -0.3 is 14.4 Å². The van der Waals surface area contributed by atoms with Crippen LogP contribution in [0, 0.1) is 0 Å². The number of rotatable bonds is 5. The van der Waals surface area contributed by atoms with E-state index in [2.05, 4.69) is 10.3 Å². The molecule has 1 aliphatic heterocycles. The first-order valence-electron chi connectivity index (χ1n) is 7.80. The number of likely N-dealkylation sites (tertiary alicyclic amines) is 1. The van der Waals surface area contributed by atoms with Crippen molar-refractivity contribution in [2.45, 2.75) is 18.6 Å². The maximum Gasteiger partial charge on any atom is 0.170 e. The zero-order valence-electron chi connectivity index (χ0n) is 13.8. The topological polar surface area (TPSA) is 34.6 Å². The molecule has 1 aromatic carbocycles. The third-order valence-electron chi connectivity index (χ3n) is 3.89. The Labute approximate surface area is 156 Å². The minimum atomic E-state index is 0.719. The van der Waals surface area contributed by atoms with Crippen LogP contribution in [0.3, 0.4) is 0 Å². The predicted molar refractivity (Wildman–Crippen MR) is 105 cm³/mol. The average Bonchev–Trinajstić information content (AvgIpc) is 3.30. The molecule has 0 spiro atoms. The number of para-hydroxylation sites is 1. The number of benzene rings is 1. The van der Waals surface area contributed by atoms with Gasteiger partial charge in [-0.05, 0) is 25.0 Å². The third-order valence-corrected chi connectivity index (χ3v) is 6.37. The molecule has 0 bridgehead atoms. The molecular weight excluding hydrogens is 360 g/mol. The zero-order chi connectivity index (χ0) is 16.9. The van der Waals surface area contributed by atoms with E-state index in [1.165, 1.54) is 12.8 Å². The van der Waals surface area contributed by atoms with E-state index in [1.54, 1.807) is 37.3 Å². The molecular formula is C17H20N2O2S3. The van der Waals surface area contributed by atoms with Crippen molar-refractivity contribution in [3.8, 4) is 22.1 Å². The van der Waals surface area contributed by atoms with Gasteiger partial charge in [-0.15, -0.1) is 11.3 Å². The third kappa shape index (κ3) is 3.84. The highest BCUT2D eigenvalue weighted by atomic mass is 32.2. The summed E-state index contributed by atoms with van der Waals surface area (Å²) in [7, 11) is 3.30. The molecule has 1 aliphatic rings. The number of aromatic nitrogens is 1. The number of thiazole rings is 1. The van der Waals surface area contributed by atoms with E-state index in [0.717, 1.165) is 50.9 Å². The predicted octanol–water partition coefficient (Wildman–Crippen LogP) is 4.44. The summed E-state index contributed by atoms with van der Waals surface area (Å²) < 4.78 is 11.9. The Morgan fingerprint density at radius 2 is 2.08 bits per heavy atom. The fourth-order valence-electron chi connectivity index (χ4n) is 2.68. The van der Waals surface area contributed by atoms with Gasteiger partial charge in [0.1, 0.15) is 9.33 Å². The summed E-state index contributed by atoms with van der Waals surface area (Å²) in [5.74, 6) is 2.25. The summed E-state index contributed by atoms with van der Waals surface area (Å²) in [6.07, 6.45) is 2.49. The average molecular weight is 381 g/mol. The second kappa shape index (κ2) is 8.18. The molecule has 0 saturated carbocycles. The van der Waals surface area contributed by atoms with E-state index in [1.807, 2.05) is 18.2 Å². The fraction of sp³-hybridized carbons (Fsp3) is 0.412. The molecule has 0 aliphatic carbocycles. The van der Waals surface area contributed by atoms with E-state index in [0.29, 0.717) is 0 Å². The highest BCUT2D eigenvalue weighted by molar-refractivity contribution is 8.22. The first kappa shape index (κ1) is 17.5. The van der Waals surface area contributed by atoms with Crippen molar-refractivity contribution in [2.75, 3.05) is 27.3 Å². The molecule has 0 N–H and O–H groups in total. The van der Waals surface area contributed by atoms with E-state index < -0.39 is 0 Å². The Morgan fingerprint density at radius 1 is 1.29 bits per heavy atom. The molecule has 128 valence electrons. The number of hydrogen-bond donors (Lipinski definition) is 0. The van der Waals surface area contributed by atoms with Crippen LogP contribution in [0.2, 0.25) is 0 Å². The summed E-state index contributed by atoms with van der Waals surface area (Å²) in [6.45, 7) is 2.18. The number of hydrogen-bond acceptors (Lipinski definition) is 6. The molecule has 2 aromatic rings. The number of thiocarbonyl (C=S) groups is 1. The summed E-state index contributed by atoms with van der Waals surface area (Å²) in [6, 6.07) is 5.85. The first-order valence-corrected chi connectivity index (χ1v) is 10.1. The maximum absolute atomic E-state index is 5.51. The summed E-state index contributed by atoms with van der Waals surface area (Å²) >= 11 is 8.83. The minimum Gasteiger partial charge on any atom is -0.493 e. The molecule has 0 unspecified atom stereocenters. The smallest absolute Gasteiger partial charge is 0.170 e. The van der Waals surface area contributed by atoms with Crippen LogP contribution in [0.15, 0.2) is 23.6 Å². The van der Waals surface area contributed by atoms with Gasteiger partial charge in [0.2, 0.25) is 0 Å². The van der Waals surface area contributed by atoms with Crippen molar-refractivity contribution in [2.24, 2.45) is 0 Å². The summed E-state index contributed by atoms with van der Waals surface area (Å²) in [5, 5.41) is 3.03. The van der Waals surface area contributed by atoms with Crippen LogP contribution in [0.4, 0.5) is 0 Å². The summed E-state index contributed by atoms with van der Waals surface area (Å²) in [5.41, 5.74) is 2.01. The van der Waals surface area contributed by atoms with E-state index in [-0.39, 0.29) is 0 Å². The molecule has 7 heteroatoms. The Balaban J connectivity index is 1.70. The fourth-order valence-corrected chi connectivity index (χ4v) is 4.77. The Kier molecular flexibility index (Phi) is 5.97. The van der Waals surface area contributed by atoms with Gasteiger partial charge in [-0.2, -0.15) is 0 Å². The second-order valence-electron chi connectivity index (χ2n) is 5.43. The minimum absolute atomic E-state index is 0.719. The first-order chi connectivity index (χ1) is 11.7. The van der Waals surface area contributed by atoms with Crippen molar-refractivity contribution < 1.29 is 9.47 Å². The lowest BCUT2D eigenvalue weighted by Crippen LogP contribution is -2.23. The van der Waals surface area contributed by atoms with E-state index in [9.17, 15) is 0 Å². The van der Waals surface area contributed by atoms with Crippen molar-refractivity contribution >= 4 is 39.6 Å². The molecule has 1 saturated heterocycles. The van der Waals surface area contributed by atoms with Gasteiger partial charge in [-0.3, -0.25) is 0 Å². The molecule has 0 amide bonds. The number of thioether (sulfide) groups is 1. The highest BCUT2D eigenvalue weighted by Gasteiger charge is 2.17. The Bertz CT molecular complexity index is 712. The van der Waals surface area contributed by atoms with Crippen molar-refractivity contribution in [3.63, 3.8) is 0 Å². The van der Waals surface area contributed by atoms with Crippen LogP contribution in [0.25, 0.3) is 10.6 Å².